The van der Waals surface area contributed by atoms with Crippen LogP contribution in [0.5, 0.6) is 0 Å². The molecule has 260 valence electrons. The summed E-state index contributed by atoms with van der Waals surface area (Å²) in [5, 5.41) is 5.49. The molecule has 0 fully saturated rings. The van der Waals surface area contributed by atoms with Crippen molar-refractivity contribution in [3.05, 3.63) is 214 Å². The fourth-order valence-corrected chi connectivity index (χ4v) is 6.60. The van der Waals surface area contributed by atoms with Gasteiger partial charge in [-0.05, 0) is 138 Å². The van der Waals surface area contributed by atoms with E-state index in [0.717, 1.165) is 0 Å². The van der Waals surface area contributed by atoms with Crippen LogP contribution in [0.1, 0.15) is 44.5 Å². The molecule has 0 saturated heterocycles. The number of aryl methyl sites for hydroxylation is 8. The standard InChI is InChI=1S/2C14H14.2C12H12/c1-11-7-3-5-9-13(11)14-10-6-4-8-12(14)2;1-11-7-9-13(10-8-11)14-6-4-3-5-12(14)2;1-9-5-3-8-12-10(2)6-4-7-11(9)12;1-9-7-8-10(2)12-6-4-3-5-11(9)12/h2*3-10H,1-2H3;2*3-8H,1-2H3. The van der Waals surface area contributed by atoms with Crippen LogP contribution in [-0.4, -0.2) is 0 Å². The van der Waals surface area contributed by atoms with Crippen molar-refractivity contribution in [3.63, 3.8) is 0 Å². The number of benzene rings is 8. The predicted molar refractivity (Wildman–Crippen MR) is 230 cm³/mol. The maximum atomic E-state index is 2.18. The topological polar surface area (TPSA) is 0 Å². The van der Waals surface area contributed by atoms with E-state index >= 15 is 0 Å². The van der Waals surface area contributed by atoms with E-state index in [-0.39, 0.29) is 0 Å². The van der Waals surface area contributed by atoms with E-state index in [4.69, 9.17) is 0 Å². The van der Waals surface area contributed by atoms with Gasteiger partial charge in [-0.3, -0.25) is 0 Å². The van der Waals surface area contributed by atoms with Gasteiger partial charge in [-0.25, -0.2) is 0 Å². The van der Waals surface area contributed by atoms with E-state index in [1.54, 1.807) is 0 Å². The summed E-state index contributed by atoms with van der Waals surface area (Å²) in [5.41, 5.74) is 16.0. The summed E-state index contributed by atoms with van der Waals surface area (Å²) in [7, 11) is 0. The third-order valence-corrected chi connectivity index (χ3v) is 9.81. The molecule has 52 heavy (non-hydrogen) atoms. The molecule has 0 aliphatic rings. The van der Waals surface area contributed by atoms with Crippen LogP contribution in [0.4, 0.5) is 0 Å². The molecule has 8 aromatic rings. The number of hydrogen-bond donors (Lipinski definition) is 0. The Labute approximate surface area is 312 Å². The minimum atomic E-state index is 1.30. The van der Waals surface area contributed by atoms with Gasteiger partial charge in [0.25, 0.3) is 0 Å². The van der Waals surface area contributed by atoms with Crippen molar-refractivity contribution in [3.8, 4) is 22.3 Å². The summed E-state index contributed by atoms with van der Waals surface area (Å²) in [5.74, 6) is 0. The smallest absolute Gasteiger partial charge is 0.0152 e. The van der Waals surface area contributed by atoms with Crippen LogP contribution in [0.3, 0.4) is 0 Å². The van der Waals surface area contributed by atoms with Gasteiger partial charge in [-0.15, -0.1) is 0 Å². The highest BCUT2D eigenvalue weighted by atomic mass is 14.1. The zero-order valence-corrected chi connectivity index (χ0v) is 32.2. The van der Waals surface area contributed by atoms with Crippen molar-refractivity contribution in [2.45, 2.75) is 55.4 Å². The molecule has 0 spiro atoms. The molecule has 0 N–H and O–H groups in total. The minimum Gasteiger partial charge on any atom is -0.0620 e. The monoisotopic (exact) mass is 676 g/mol. The van der Waals surface area contributed by atoms with Gasteiger partial charge >= 0.3 is 0 Å². The molecule has 0 aliphatic heterocycles. The summed E-state index contributed by atoms with van der Waals surface area (Å²) >= 11 is 0. The zero-order chi connectivity index (χ0) is 37.0. The van der Waals surface area contributed by atoms with Crippen LogP contribution >= 0.6 is 0 Å². The highest BCUT2D eigenvalue weighted by Gasteiger charge is 2.03. The molecule has 0 unspecified atom stereocenters. The van der Waals surface area contributed by atoms with Crippen LogP contribution < -0.4 is 0 Å². The summed E-state index contributed by atoms with van der Waals surface area (Å²) < 4.78 is 0. The van der Waals surface area contributed by atoms with Gasteiger partial charge in [0.15, 0.2) is 0 Å². The average molecular weight is 677 g/mol. The van der Waals surface area contributed by atoms with Gasteiger partial charge in [0.2, 0.25) is 0 Å². The first-order valence-corrected chi connectivity index (χ1v) is 18.3. The van der Waals surface area contributed by atoms with Crippen LogP contribution in [0.15, 0.2) is 170 Å². The highest BCUT2D eigenvalue weighted by Crippen LogP contribution is 2.26. The number of fused-ring (bicyclic) bond motifs is 2. The lowest BCUT2D eigenvalue weighted by Gasteiger charge is -2.08. The molecule has 0 amide bonds. The third-order valence-electron chi connectivity index (χ3n) is 9.81. The zero-order valence-electron chi connectivity index (χ0n) is 32.2. The van der Waals surface area contributed by atoms with Crippen LogP contribution in [0.25, 0.3) is 43.8 Å². The second-order valence-electron chi connectivity index (χ2n) is 13.8. The quantitative estimate of drug-likeness (QED) is 0.171. The highest BCUT2D eigenvalue weighted by molar-refractivity contribution is 5.89. The Hall–Kier alpha value is -5.72. The van der Waals surface area contributed by atoms with Gasteiger partial charge < -0.3 is 0 Å². The van der Waals surface area contributed by atoms with Crippen molar-refractivity contribution >= 4 is 21.5 Å². The van der Waals surface area contributed by atoms with Crippen molar-refractivity contribution in [1.82, 2.24) is 0 Å². The van der Waals surface area contributed by atoms with Crippen molar-refractivity contribution in [1.29, 1.82) is 0 Å². The first-order chi connectivity index (χ1) is 25.1. The van der Waals surface area contributed by atoms with E-state index < -0.39 is 0 Å². The van der Waals surface area contributed by atoms with Gasteiger partial charge in [0.1, 0.15) is 0 Å². The summed E-state index contributed by atoms with van der Waals surface area (Å²) in [4.78, 5) is 0. The molecular weight excluding hydrogens is 625 g/mol. The normalized spacial score (nSPS) is 10.3. The molecule has 0 heterocycles. The Morgan fingerprint density at radius 1 is 0.212 bits per heavy atom. The Balaban J connectivity index is 0.000000134. The number of rotatable bonds is 2. The molecule has 0 heteroatoms. The second kappa shape index (κ2) is 18.0. The molecule has 0 saturated carbocycles. The van der Waals surface area contributed by atoms with Gasteiger partial charge in [-0.2, -0.15) is 0 Å². The van der Waals surface area contributed by atoms with E-state index in [1.165, 1.54) is 88.3 Å². The fraction of sp³-hybridized carbons (Fsp3) is 0.154. The Kier molecular flexibility index (Phi) is 13.0. The molecule has 0 aliphatic carbocycles. The minimum absolute atomic E-state index is 1.30. The molecule has 0 aromatic heterocycles. The van der Waals surface area contributed by atoms with Crippen molar-refractivity contribution < 1.29 is 0 Å². The van der Waals surface area contributed by atoms with Gasteiger partial charge in [-0.1, -0.05) is 175 Å². The predicted octanol–water partition coefficient (Wildman–Crippen LogP) is 14.9. The maximum absolute atomic E-state index is 2.18. The lowest BCUT2D eigenvalue weighted by Crippen LogP contribution is -1.85. The molecule has 0 atom stereocenters. The first-order valence-electron chi connectivity index (χ1n) is 18.3. The van der Waals surface area contributed by atoms with E-state index in [2.05, 4.69) is 225 Å². The lowest BCUT2D eigenvalue weighted by atomic mass is 9.97. The molecule has 0 nitrogen and oxygen atoms in total. The largest absolute Gasteiger partial charge is 0.0620 e. The fourth-order valence-electron chi connectivity index (χ4n) is 6.60. The van der Waals surface area contributed by atoms with E-state index in [9.17, 15) is 0 Å². The van der Waals surface area contributed by atoms with E-state index in [1.807, 2.05) is 0 Å². The summed E-state index contributed by atoms with van der Waals surface area (Å²) in [6, 6.07) is 59.9. The van der Waals surface area contributed by atoms with Gasteiger partial charge in [0.05, 0.1) is 0 Å². The van der Waals surface area contributed by atoms with E-state index in [0.29, 0.717) is 0 Å². The molecule has 0 bridgehead atoms. The average Bonchev–Trinajstić information content (AvgIpc) is 3.16. The second-order valence-corrected chi connectivity index (χ2v) is 13.8. The molecule has 0 radical (unpaired) electrons. The van der Waals surface area contributed by atoms with Crippen molar-refractivity contribution in [2.24, 2.45) is 0 Å². The molecule has 8 rings (SSSR count). The van der Waals surface area contributed by atoms with Gasteiger partial charge in [0, 0.05) is 0 Å². The molecule has 8 aromatic carbocycles. The van der Waals surface area contributed by atoms with Crippen LogP contribution in [-0.2, 0) is 0 Å². The Bertz CT molecular complexity index is 2210. The Morgan fingerprint density at radius 3 is 0.885 bits per heavy atom. The van der Waals surface area contributed by atoms with Crippen LogP contribution in [0, 0.1) is 55.4 Å². The SMILES string of the molecule is Cc1ccc(-c2ccccc2C)cc1.Cc1ccc(C)c2ccccc12.Cc1cccc2c(C)cccc12.Cc1ccccc1-c1ccccc1C. The van der Waals surface area contributed by atoms with Crippen molar-refractivity contribution in [2.75, 3.05) is 0 Å². The number of hydrogen-bond acceptors (Lipinski definition) is 0. The summed E-state index contributed by atoms with van der Waals surface area (Å²) in [6.45, 7) is 17.2. The maximum Gasteiger partial charge on any atom is -0.0152 e. The Morgan fingerprint density at radius 2 is 0.500 bits per heavy atom. The lowest BCUT2D eigenvalue weighted by molar-refractivity contribution is 1.41. The first kappa shape index (κ1) is 37.5. The third kappa shape index (κ3) is 9.53. The molecular formula is C52H52. The van der Waals surface area contributed by atoms with Crippen LogP contribution in [0.2, 0.25) is 0 Å². The summed E-state index contributed by atoms with van der Waals surface area (Å²) in [6.07, 6.45) is 0.